The Labute approximate surface area is 112 Å². The number of nitrogens with zero attached hydrogens (tertiary/aromatic N) is 1. The van der Waals surface area contributed by atoms with E-state index in [1.165, 1.54) is 5.56 Å². The largest absolute Gasteiger partial charge is 0.489 e. The van der Waals surface area contributed by atoms with Gasteiger partial charge in [-0.15, -0.1) is 0 Å². The fourth-order valence-electron chi connectivity index (χ4n) is 2.14. The second-order valence-electron chi connectivity index (χ2n) is 4.52. The summed E-state index contributed by atoms with van der Waals surface area (Å²) in [6.45, 7) is 4.07. The van der Waals surface area contributed by atoms with Crippen LogP contribution < -0.4 is 4.74 Å². The Morgan fingerprint density at radius 2 is 1.95 bits per heavy atom. The van der Waals surface area contributed by atoms with Gasteiger partial charge in [-0.05, 0) is 24.6 Å². The van der Waals surface area contributed by atoms with Gasteiger partial charge in [-0.2, -0.15) is 5.10 Å². The summed E-state index contributed by atoms with van der Waals surface area (Å²) >= 11 is 0. The Morgan fingerprint density at radius 3 is 2.79 bits per heavy atom. The van der Waals surface area contributed by atoms with Gasteiger partial charge in [-0.3, -0.25) is 5.10 Å². The zero-order valence-corrected chi connectivity index (χ0v) is 10.5. The summed E-state index contributed by atoms with van der Waals surface area (Å²) in [6.07, 6.45) is 2.44. The molecular formula is C16H15N2O. The molecule has 0 saturated carbocycles. The van der Waals surface area contributed by atoms with Gasteiger partial charge in [-0.1, -0.05) is 36.4 Å². The molecule has 0 fully saturated rings. The van der Waals surface area contributed by atoms with E-state index in [4.69, 9.17) is 4.74 Å². The van der Waals surface area contributed by atoms with Crippen LogP contribution in [0.4, 0.5) is 0 Å². The Bertz CT molecular complexity index is 661. The van der Waals surface area contributed by atoms with E-state index < -0.39 is 0 Å². The molecule has 0 aliphatic rings. The molecule has 1 radical (unpaired) electrons. The van der Waals surface area contributed by atoms with Gasteiger partial charge in [0.05, 0.1) is 17.1 Å². The zero-order chi connectivity index (χ0) is 13.1. The first kappa shape index (κ1) is 11.8. The molecule has 0 bridgehead atoms. The predicted octanol–water partition coefficient (Wildman–Crippen LogP) is 3.39. The second-order valence-corrected chi connectivity index (χ2v) is 4.52. The lowest BCUT2D eigenvalue weighted by Gasteiger charge is -2.15. The average molecular weight is 251 g/mol. The molecule has 0 aliphatic heterocycles. The first-order valence-corrected chi connectivity index (χ1v) is 6.29. The molecule has 0 saturated heterocycles. The maximum absolute atomic E-state index is 5.92. The van der Waals surface area contributed by atoms with E-state index in [0.29, 0.717) is 0 Å². The molecule has 3 aromatic rings. The number of H-pyrrole nitrogens is 1. The molecule has 19 heavy (non-hydrogen) atoms. The fraction of sp³-hybridized carbons (Fsp3) is 0.125. The van der Waals surface area contributed by atoms with Crippen molar-refractivity contribution in [3.63, 3.8) is 0 Å². The average Bonchev–Trinajstić information content (AvgIpc) is 2.89. The van der Waals surface area contributed by atoms with Crippen LogP contribution in [0.15, 0.2) is 54.7 Å². The van der Waals surface area contributed by atoms with E-state index in [1.54, 1.807) is 6.20 Å². The minimum absolute atomic E-state index is 0.122. The van der Waals surface area contributed by atoms with Gasteiger partial charge < -0.3 is 4.74 Å². The van der Waals surface area contributed by atoms with Crippen LogP contribution in [0.2, 0.25) is 0 Å². The lowest BCUT2D eigenvalue weighted by molar-refractivity contribution is 0.250. The molecule has 0 spiro atoms. The lowest BCUT2D eigenvalue weighted by atomic mass is 10.1. The van der Waals surface area contributed by atoms with E-state index >= 15 is 0 Å². The summed E-state index contributed by atoms with van der Waals surface area (Å²) in [7, 11) is 0. The minimum atomic E-state index is -0.122. The molecule has 0 amide bonds. The highest BCUT2D eigenvalue weighted by Gasteiger charge is 2.09. The zero-order valence-electron chi connectivity index (χ0n) is 10.5. The summed E-state index contributed by atoms with van der Waals surface area (Å²) in [5.41, 5.74) is 2.20. The van der Waals surface area contributed by atoms with E-state index in [9.17, 15) is 0 Å². The van der Waals surface area contributed by atoms with Gasteiger partial charge in [-0.25, -0.2) is 0 Å². The highest BCUT2D eigenvalue weighted by atomic mass is 16.5. The number of nitrogens with one attached hydrogen (secondary N) is 1. The van der Waals surface area contributed by atoms with Crippen LogP contribution >= 0.6 is 0 Å². The highest BCUT2D eigenvalue weighted by Crippen LogP contribution is 2.24. The number of benzene rings is 2. The van der Waals surface area contributed by atoms with Crippen LogP contribution in [0.5, 0.6) is 5.75 Å². The van der Waals surface area contributed by atoms with E-state index in [-0.39, 0.29) is 6.10 Å². The topological polar surface area (TPSA) is 37.9 Å². The third-order valence-corrected chi connectivity index (χ3v) is 3.04. The molecular weight excluding hydrogens is 236 g/mol. The van der Waals surface area contributed by atoms with Gasteiger partial charge in [0.2, 0.25) is 0 Å². The molecule has 0 aliphatic carbocycles. The Kier molecular flexibility index (Phi) is 3.19. The van der Waals surface area contributed by atoms with Crippen LogP contribution in [0.3, 0.4) is 0 Å². The SMILES string of the molecule is [CH2]C(Cc1ccccc1)Oc1cccc2[nH]ncc12. The molecule has 3 heteroatoms. The van der Waals surface area contributed by atoms with Gasteiger partial charge in [0.15, 0.2) is 0 Å². The molecule has 3 rings (SSSR count). The summed E-state index contributed by atoms with van der Waals surface area (Å²) in [6, 6.07) is 16.1. The lowest BCUT2D eigenvalue weighted by Crippen LogP contribution is -2.15. The number of aromatic nitrogens is 2. The third-order valence-electron chi connectivity index (χ3n) is 3.04. The highest BCUT2D eigenvalue weighted by molar-refractivity contribution is 5.84. The maximum Gasteiger partial charge on any atom is 0.130 e. The van der Waals surface area contributed by atoms with Crippen LogP contribution in [0.25, 0.3) is 10.9 Å². The molecule has 1 aromatic heterocycles. The number of fused-ring (bicyclic) bond motifs is 1. The Hall–Kier alpha value is -2.29. The van der Waals surface area contributed by atoms with Crippen LogP contribution in [0.1, 0.15) is 5.56 Å². The van der Waals surface area contributed by atoms with Crippen molar-refractivity contribution < 1.29 is 4.74 Å². The number of rotatable bonds is 4. The monoisotopic (exact) mass is 251 g/mol. The summed E-state index contributed by atoms with van der Waals surface area (Å²) < 4.78 is 5.92. The summed E-state index contributed by atoms with van der Waals surface area (Å²) in [5.74, 6) is 0.821. The quantitative estimate of drug-likeness (QED) is 0.771. The van der Waals surface area contributed by atoms with Crippen LogP contribution in [0, 0.1) is 6.92 Å². The van der Waals surface area contributed by atoms with Crippen molar-refractivity contribution in [2.24, 2.45) is 0 Å². The van der Waals surface area contributed by atoms with Crippen molar-refractivity contribution in [3.05, 3.63) is 67.2 Å². The molecule has 1 heterocycles. The van der Waals surface area contributed by atoms with Crippen molar-refractivity contribution in [1.29, 1.82) is 0 Å². The first-order valence-electron chi connectivity index (χ1n) is 6.29. The Morgan fingerprint density at radius 1 is 1.11 bits per heavy atom. The number of ether oxygens (including phenoxy) is 1. The van der Waals surface area contributed by atoms with E-state index in [1.807, 2.05) is 36.4 Å². The van der Waals surface area contributed by atoms with Crippen molar-refractivity contribution in [1.82, 2.24) is 10.2 Å². The molecule has 95 valence electrons. The number of aromatic amines is 1. The van der Waals surface area contributed by atoms with E-state index in [0.717, 1.165) is 23.1 Å². The van der Waals surface area contributed by atoms with Crippen molar-refractivity contribution >= 4 is 10.9 Å². The van der Waals surface area contributed by atoms with Crippen molar-refractivity contribution in [3.8, 4) is 5.75 Å². The molecule has 2 aromatic carbocycles. The van der Waals surface area contributed by atoms with Crippen molar-refractivity contribution in [2.75, 3.05) is 0 Å². The van der Waals surface area contributed by atoms with Gasteiger partial charge in [0.25, 0.3) is 0 Å². The van der Waals surface area contributed by atoms with Crippen molar-refractivity contribution in [2.45, 2.75) is 12.5 Å². The van der Waals surface area contributed by atoms with Gasteiger partial charge >= 0.3 is 0 Å². The molecule has 1 N–H and O–H groups in total. The summed E-state index contributed by atoms with van der Waals surface area (Å²) in [5, 5.41) is 7.95. The molecule has 1 unspecified atom stereocenters. The number of hydrogen-bond acceptors (Lipinski definition) is 2. The van der Waals surface area contributed by atoms with Crippen LogP contribution in [-0.4, -0.2) is 16.3 Å². The fourth-order valence-corrected chi connectivity index (χ4v) is 2.14. The maximum atomic E-state index is 5.92. The van der Waals surface area contributed by atoms with Gasteiger partial charge in [0.1, 0.15) is 11.9 Å². The van der Waals surface area contributed by atoms with E-state index in [2.05, 4.69) is 29.3 Å². The smallest absolute Gasteiger partial charge is 0.130 e. The number of hydrogen-bond donors (Lipinski definition) is 1. The minimum Gasteiger partial charge on any atom is -0.489 e. The predicted molar refractivity (Wildman–Crippen MR) is 76.0 cm³/mol. The normalized spacial score (nSPS) is 12.5. The Balaban J connectivity index is 1.76. The molecule has 3 nitrogen and oxygen atoms in total. The second kappa shape index (κ2) is 5.14. The van der Waals surface area contributed by atoms with Crippen LogP contribution in [-0.2, 0) is 6.42 Å². The summed E-state index contributed by atoms with van der Waals surface area (Å²) in [4.78, 5) is 0. The third kappa shape index (κ3) is 2.60. The molecule has 1 atom stereocenters. The standard InChI is InChI=1S/C16H15N2O/c1-12(10-13-6-3-2-4-7-13)19-16-9-5-8-15-14(16)11-17-18-15/h2-9,11-12H,1,10H2,(H,17,18). The van der Waals surface area contributed by atoms with Gasteiger partial charge in [0, 0.05) is 6.42 Å². The first-order chi connectivity index (χ1) is 9.33.